The van der Waals surface area contributed by atoms with E-state index in [-0.39, 0.29) is 5.41 Å². The van der Waals surface area contributed by atoms with Gasteiger partial charge in [0.15, 0.2) is 0 Å². The Kier molecular flexibility index (Phi) is 3.10. The van der Waals surface area contributed by atoms with Crippen LogP contribution < -0.4 is 0 Å². The van der Waals surface area contributed by atoms with E-state index in [4.69, 9.17) is 6.42 Å². The molecule has 0 saturated heterocycles. The van der Waals surface area contributed by atoms with Crippen molar-refractivity contribution in [2.45, 2.75) is 19.6 Å². The number of carbonyl (C=O) groups is 1. The smallest absolute Gasteiger partial charge is 0.133 e. The van der Waals surface area contributed by atoms with Crippen LogP contribution >= 0.6 is 0 Å². The molecule has 0 N–H and O–H groups in total. The Bertz CT molecular complexity index is 190. The molecule has 54 valence electrons. The minimum atomic E-state index is -1.62. The summed E-state index contributed by atoms with van der Waals surface area (Å²) < 4.78 is 0. The minimum Gasteiger partial charge on any atom is -0.301 e. The van der Waals surface area contributed by atoms with Crippen molar-refractivity contribution in [1.82, 2.24) is 0 Å². The van der Waals surface area contributed by atoms with Crippen LogP contribution in [0.4, 0.5) is 0 Å². The van der Waals surface area contributed by atoms with Crippen LogP contribution in [-0.4, -0.2) is 13.5 Å². The van der Waals surface area contributed by atoms with E-state index in [1.807, 2.05) is 19.6 Å². The van der Waals surface area contributed by atoms with E-state index < -0.39 is 8.07 Å². The predicted octanol–water partition coefficient (Wildman–Crippen LogP) is 1.62. The van der Waals surface area contributed by atoms with Gasteiger partial charge >= 0.3 is 0 Å². The van der Waals surface area contributed by atoms with Crippen LogP contribution in [0.25, 0.3) is 0 Å². The van der Waals surface area contributed by atoms with E-state index in [2.05, 4.69) is 5.92 Å². The first-order valence-corrected chi connectivity index (χ1v) is 6.65. The minimum absolute atomic E-state index is 0.199. The lowest BCUT2D eigenvalue weighted by molar-refractivity contribution is -0.108. The fraction of sp³-hybridized carbons (Fsp3) is 0.375. The van der Waals surface area contributed by atoms with Crippen molar-refractivity contribution in [2.75, 3.05) is 0 Å². The predicted molar refractivity (Wildman–Crippen MR) is 46.3 cm³/mol. The summed E-state index contributed by atoms with van der Waals surface area (Å²) in [6, 6.07) is 0. The highest BCUT2D eigenvalue weighted by Gasteiger charge is 2.20. The first-order valence-electron chi connectivity index (χ1n) is 3.15. The summed E-state index contributed by atoms with van der Waals surface area (Å²) >= 11 is 0. The molecule has 0 fully saturated rings. The van der Waals surface area contributed by atoms with Gasteiger partial charge in [-0.05, 0) is 12.2 Å². The van der Waals surface area contributed by atoms with Crippen LogP contribution in [0, 0.1) is 12.3 Å². The zero-order valence-electron chi connectivity index (χ0n) is 6.64. The van der Waals surface area contributed by atoms with Crippen molar-refractivity contribution in [3.63, 3.8) is 0 Å². The Balaban J connectivity index is 4.15. The summed E-state index contributed by atoms with van der Waals surface area (Å²) in [4.78, 5) is 11.1. The van der Waals surface area contributed by atoms with E-state index in [1.54, 1.807) is 0 Å². The molecule has 0 atom stereocenters. The van der Waals surface area contributed by atoms with Crippen LogP contribution in [0.1, 0.15) is 0 Å². The molecule has 0 aliphatic heterocycles. The highest BCUT2D eigenvalue weighted by molar-refractivity contribution is 7.04. The summed E-state index contributed by atoms with van der Waals surface area (Å²) in [7, 11) is -1.62. The molecule has 0 bridgehead atoms. The molecule has 0 aromatic rings. The van der Waals surface area contributed by atoms with Gasteiger partial charge in [0.2, 0.25) is 0 Å². The Morgan fingerprint density at radius 1 is 1.50 bits per heavy atom. The highest BCUT2D eigenvalue weighted by Crippen LogP contribution is 2.02. The van der Waals surface area contributed by atoms with Gasteiger partial charge in [-0.2, -0.15) is 0 Å². The second kappa shape index (κ2) is 3.38. The first-order chi connectivity index (χ1) is 4.48. The lowest BCUT2D eigenvalue weighted by Crippen LogP contribution is -2.31. The van der Waals surface area contributed by atoms with Crippen LogP contribution in [0.2, 0.25) is 19.6 Å². The van der Waals surface area contributed by atoms with Gasteiger partial charge < -0.3 is 4.79 Å². The third-order valence-electron chi connectivity index (χ3n) is 1.07. The SMILES string of the molecule is C#C/C=C\C(=O)[Si](C)(C)C. The normalized spacial score (nSPS) is 11.4. The third-order valence-corrected chi connectivity index (χ3v) is 2.72. The Hall–Kier alpha value is -0.813. The zero-order valence-corrected chi connectivity index (χ0v) is 7.64. The van der Waals surface area contributed by atoms with Gasteiger partial charge in [0, 0.05) is 0 Å². The molecule has 0 heterocycles. The van der Waals surface area contributed by atoms with Crippen LogP contribution in [-0.2, 0) is 4.79 Å². The number of hydrogen-bond donors (Lipinski definition) is 0. The number of carbonyl (C=O) groups excluding carboxylic acids is 1. The molecule has 0 aliphatic carbocycles. The molecule has 2 heteroatoms. The molecule has 0 saturated carbocycles. The van der Waals surface area contributed by atoms with Gasteiger partial charge in [0.1, 0.15) is 13.5 Å². The molecule has 1 nitrogen and oxygen atoms in total. The molecule has 10 heavy (non-hydrogen) atoms. The largest absolute Gasteiger partial charge is 0.301 e. The van der Waals surface area contributed by atoms with E-state index in [1.165, 1.54) is 12.2 Å². The molecule has 0 unspecified atom stereocenters. The van der Waals surface area contributed by atoms with E-state index >= 15 is 0 Å². The summed E-state index contributed by atoms with van der Waals surface area (Å²) in [6.07, 6.45) is 7.90. The van der Waals surface area contributed by atoms with Crippen molar-refractivity contribution in [3.8, 4) is 12.3 Å². The van der Waals surface area contributed by atoms with Crippen molar-refractivity contribution in [2.24, 2.45) is 0 Å². The van der Waals surface area contributed by atoms with Crippen molar-refractivity contribution in [1.29, 1.82) is 0 Å². The number of allylic oxidation sites excluding steroid dienone is 2. The maximum absolute atomic E-state index is 11.1. The maximum Gasteiger partial charge on any atom is 0.133 e. The van der Waals surface area contributed by atoms with Crippen molar-refractivity contribution >= 4 is 13.5 Å². The topological polar surface area (TPSA) is 17.1 Å². The molecule has 0 spiro atoms. The number of hydrogen-bond acceptors (Lipinski definition) is 1. The van der Waals surface area contributed by atoms with Gasteiger partial charge in [-0.25, -0.2) is 0 Å². The first kappa shape index (κ1) is 9.19. The van der Waals surface area contributed by atoms with Gasteiger partial charge in [-0.15, -0.1) is 6.42 Å². The summed E-state index contributed by atoms with van der Waals surface area (Å²) in [5.74, 6) is 2.29. The molecule has 0 amide bonds. The third kappa shape index (κ3) is 3.26. The highest BCUT2D eigenvalue weighted by atomic mass is 28.3. The summed E-state index contributed by atoms with van der Waals surface area (Å²) in [5.41, 5.74) is 0. The Labute approximate surface area is 63.1 Å². The van der Waals surface area contributed by atoms with Gasteiger partial charge in [0.25, 0.3) is 0 Å². The zero-order chi connectivity index (χ0) is 8.20. The fourth-order valence-electron chi connectivity index (χ4n) is 0.374. The number of terminal acetylenes is 1. The molecule has 0 aromatic heterocycles. The second-order valence-electron chi connectivity index (χ2n) is 3.11. The van der Waals surface area contributed by atoms with Gasteiger partial charge in [-0.1, -0.05) is 25.6 Å². The van der Waals surface area contributed by atoms with Crippen molar-refractivity contribution in [3.05, 3.63) is 12.2 Å². The van der Waals surface area contributed by atoms with E-state index in [9.17, 15) is 4.79 Å². The second-order valence-corrected chi connectivity index (χ2v) is 8.11. The quantitative estimate of drug-likeness (QED) is 0.334. The lowest BCUT2D eigenvalue weighted by atomic mass is 10.5. The van der Waals surface area contributed by atoms with Gasteiger partial charge in [-0.3, -0.25) is 0 Å². The van der Waals surface area contributed by atoms with Crippen LogP contribution in [0.3, 0.4) is 0 Å². The number of rotatable bonds is 2. The Morgan fingerprint density at radius 2 is 2.00 bits per heavy atom. The molecule has 0 rings (SSSR count). The monoisotopic (exact) mass is 152 g/mol. The molecule has 0 aliphatic rings. The average molecular weight is 152 g/mol. The average Bonchev–Trinajstić information content (AvgIpc) is 1.80. The molecular formula is C8H12OSi. The standard InChI is InChI=1S/C8H12OSi/c1-5-6-7-8(9)10(2,3)4/h1,6-7H,2-4H3/b7-6-. The molecular weight excluding hydrogens is 140 g/mol. The van der Waals surface area contributed by atoms with Crippen molar-refractivity contribution < 1.29 is 4.79 Å². The fourth-order valence-corrected chi connectivity index (χ4v) is 0.957. The summed E-state index contributed by atoms with van der Waals surface area (Å²) in [5, 5.41) is 0.199. The van der Waals surface area contributed by atoms with Crippen LogP contribution in [0.15, 0.2) is 12.2 Å². The van der Waals surface area contributed by atoms with Crippen LogP contribution in [0.5, 0.6) is 0 Å². The summed E-state index contributed by atoms with van der Waals surface area (Å²) in [6.45, 7) is 5.99. The Morgan fingerprint density at radius 3 is 2.30 bits per heavy atom. The lowest BCUT2D eigenvalue weighted by Gasteiger charge is -2.08. The molecule has 0 radical (unpaired) electrons. The maximum atomic E-state index is 11.1. The van der Waals surface area contributed by atoms with Gasteiger partial charge in [0.05, 0.1) is 0 Å². The van der Waals surface area contributed by atoms with E-state index in [0.717, 1.165) is 0 Å². The van der Waals surface area contributed by atoms with E-state index in [0.29, 0.717) is 0 Å². The molecule has 0 aromatic carbocycles.